The number of amides is 1. The Morgan fingerprint density at radius 2 is 2.05 bits per heavy atom. The summed E-state index contributed by atoms with van der Waals surface area (Å²) in [6, 6.07) is 0. The number of hydrogen-bond acceptors (Lipinski definition) is 3. The molecule has 1 amide bonds. The minimum atomic E-state index is 0.130. The fourth-order valence-electron chi connectivity index (χ4n) is 3.01. The van der Waals surface area contributed by atoms with Crippen LogP contribution in [0.15, 0.2) is 12.5 Å². The van der Waals surface area contributed by atoms with Crippen LogP contribution >= 0.6 is 0 Å². The van der Waals surface area contributed by atoms with Crippen LogP contribution in [-0.2, 0) is 16.8 Å². The van der Waals surface area contributed by atoms with E-state index < -0.39 is 0 Å². The number of rotatable bonds is 5. The van der Waals surface area contributed by atoms with Crippen molar-refractivity contribution in [1.29, 1.82) is 0 Å². The van der Waals surface area contributed by atoms with Gasteiger partial charge >= 0.3 is 0 Å². The van der Waals surface area contributed by atoms with Crippen molar-refractivity contribution in [2.75, 3.05) is 26.2 Å². The molecule has 5 nitrogen and oxygen atoms in total. The summed E-state index contributed by atoms with van der Waals surface area (Å²) < 4.78 is 2.03. The Kier molecular flexibility index (Phi) is 4.81. The zero-order valence-electron chi connectivity index (χ0n) is 12.9. The molecule has 1 aliphatic rings. The average Bonchev–Trinajstić information content (AvgIpc) is 2.90. The van der Waals surface area contributed by atoms with E-state index in [0.29, 0.717) is 6.54 Å². The molecule has 1 fully saturated rings. The van der Waals surface area contributed by atoms with Gasteiger partial charge in [0.1, 0.15) is 6.54 Å². The smallest absolute Gasteiger partial charge is 0.242 e. The fourth-order valence-corrected chi connectivity index (χ4v) is 3.01. The van der Waals surface area contributed by atoms with Crippen LogP contribution in [0.3, 0.4) is 0 Å². The van der Waals surface area contributed by atoms with Crippen LogP contribution in [0.2, 0.25) is 0 Å². The Morgan fingerprint density at radius 3 is 2.65 bits per heavy atom. The topological polar surface area (TPSA) is 50.2 Å². The number of hydrogen-bond donors (Lipinski definition) is 1. The van der Waals surface area contributed by atoms with Crippen molar-refractivity contribution in [3.63, 3.8) is 0 Å². The summed E-state index contributed by atoms with van der Waals surface area (Å²) in [5, 5.41) is 3.39. The van der Waals surface area contributed by atoms with E-state index in [1.165, 1.54) is 5.69 Å². The maximum atomic E-state index is 12.3. The molecule has 0 aliphatic carbocycles. The zero-order chi connectivity index (χ0) is 14.6. The van der Waals surface area contributed by atoms with Gasteiger partial charge < -0.3 is 14.8 Å². The first-order chi connectivity index (χ1) is 9.60. The van der Waals surface area contributed by atoms with Crippen LogP contribution in [0, 0.1) is 0 Å². The van der Waals surface area contributed by atoms with Crippen molar-refractivity contribution in [3.8, 4) is 0 Å². The zero-order valence-corrected chi connectivity index (χ0v) is 12.9. The highest BCUT2D eigenvalue weighted by molar-refractivity contribution is 5.76. The number of likely N-dealkylation sites (N-methyl/N-ethyl adjacent to an activating group) is 1. The van der Waals surface area contributed by atoms with E-state index in [1.54, 1.807) is 6.33 Å². The SMILES string of the molecule is CCN(CC)C(=O)Cn1cncc1C1(C)CCNCC1. The summed E-state index contributed by atoms with van der Waals surface area (Å²) in [6.07, 6.45) is 5.92. The second-order valence-electron chi connectivity index (χ2n) is 5.78. The Labute approximate surface area is 121 Å². The number of piperidine rings is 1. The lowest BCUT2D eigenvalue weighted by molar-refractivity contribution is -0.131. The summed E-state index contributed by atoms with van der Waals surface area (Å²) >= 11 is 0. The molecule has 1 aromatic heterocycles. The summed E-state index contributed by atoms with van der Waals surface area (Å²) in [7, 11) is 0. The van der Waals surface area contributed by atoms with Crippen molar-refractivity contribution < 1.29 is 4.79 Å². The maximum absolute atomic E-state index is 12.3. The quantitative estimate of drug-likeness (QED) is 0.885. The standard InChI is InChI=1S/C15H26N4O/c1-4-18(5-2)14(20)11-19-12-17-10-13(19)15(3)6-8-16-9-7-15/h10,12,16H,4-9,11H2,1-3H3. The van der Waals surface area contributed by atoms with Gasteiger partial charge in [0.2, 0.25) is 5.91 Å². The lowest BCUT2D eigenvalue weighted by Gasteiger charge is -2.34. The molecule has 0 radical (unpaired) electrons. The Morgan fingerprint density at radius 1 is 1.40 bits per heavy atom. The average molecular weight is 278 g/mol. The number of nitrogens with zero attached hydrogens (tertiary/aromatic N) is 3. The Hall–Kier alpha value is -1.36. The van der Waals surface area contributed by atoms with Crippen LogP contribution in [0.4, 0.5) is 0 Å². The number of nitrogens with one attached hydrogen (secondary N) is 1. The molecular weight excluding hydrogens is 252 g/mol. The molecule has 0 spiro atoms. The third-order valence-electron chi connectivity index (χ3n) is 4.46. The lowest BCUT2D eigenvalue weighted by atomic mass is 9.78. The first-order valence-electron chi connectivity index (χ1n) is 7.60. The molecule has 0 saturated carbocycles. The maximum Gasteiger partial charge on any atom is 0.242 e. The highest BCUT2D eigenvalue weighted by atomic mass is 16.2. The van der Waals surface area contributed by atoms with E-state index in [-0.39, 0.29) is 11.3 Å². The fraction of sp³-hybridized carbons (Fsp3) is 0.733. The molecule has 112 valence electrons. The summed E-state index contributed by atoms with van der Waals surface area (Å²) in [6.45, 7) is 10.3. The molecule has 0 unspecified atom stereocenters. The monoisotopic (exact) mass is 278 g/mol. The number of carbonyl (C=O) groups is 1. The van der Waals surface area contributed by atoms with Gasteiger partial charge in [-0.3, -0.25) is 4.79 Å². The van der Waals surface area contributed by atoms with E-state index >= 15 is 0 Å². The largest absolute Gasteiger partial charge is 0.342 e. The van der Waals surface area contributed by atoms with E-state index in [4.69, 9.17) is 0 Å². The normalized spacial score (nSPS) is 17.9. The van der Waals surface area contributed by atoms with Gasteiger partial charge in [-0.05, 0) is 39.8 Å². The van der Waals surface area contributed by atoms with Gasteiger partial charge in [-0.1, -0.05) is 6.92 Å². The van der Waals surface area contributed by atoms with Crippen LogP contribution in [0.5, 0.6) is 0 Å². The molecular formula is C15H26N4O. The van der Waals surface area contributed by atoms with Crippen molar-refractivity contribution in [2.45, 2.75) is 45.6 Å². The Bertz CT molecular complexity index is 444. The highest BCUT2D eigenvalue weighted by Gasteiger charge is 2.32. The molecule has 1 saturated heterocycles. The summed E-state index contributed by atoms with van der Waals surface area (Å²) in [5.74, 6) is 0.173. The van der Waals surface area contributed by atoms with Crippen LogP contribution in [-0.4, -0.2) is 46.5 Å². The van der Waals surface area contributed by atoms with Gasteiger partial charge in [0.15, 0.2) is 0 Å². The second-order valence-corrected chi connectivity index (χ2v) is 5.78. The van der Waals surface area contributed by atoms with Crippen molar-refractivity contribution in [1.82, 2.24) is 19.8 Å². The molecule has 0 atom stereocenters. The molecule has 1 aliphatic heterocycles. The van der Waals surface area contributed by atoms with Crippen molar-refractivity contribution in [2.24, 2.45) is 0 Å². The van der Waals surface area contributed by atoms with E-state index in [0.717, 1.165) is 39.0 Å². The molecule has 20 heavy (non-hydrogen) atoms. The molecule has 0 aromatic carbocycles. The number of aromatic nitrogens is 2. The van der Waals surface area contributed by atoms with Gasteiger partial charge in [0, 0.05) is 30.4 Å². The van der Waals surface area contributed by atoms with Gasteiger partial charge in [-0.2, -0.15) is 0 Å². The number of carbonyl (C=O) groups excluding carboxylic acids is 1. The highest BCUT2D eigenvalue weighted by Crippen LogP contribution is 2.32. The minimum absolute atomic E-state index is 0.130. The van der Waals surface area contributed by atoms with Crippen LogP contribution < -0.4 is 5.32 Å². The van der Waals surface area contributed by atoms with E-state index in [9.17, 15) is 4.79 Å². The van der Waals surface area contributed by atoms with Gasteiger partial charge in [-0.25, -0.2) is 4.98 Å². The third-order valence-corrected chi connectivity index (χ3v) is 4.46. The van der Waals surface area contributed by atoms with E-state index in [1.807, 2.05) is 29.5 Å². The van der Waals surface area contributed by atoms with Crippen molar-refractivity contribution in [3.05, 3.63) is 18.2 Å². The van der Waals surface area contributed by atoms with Gasteiger partial charge in [-0.15, -0.1) is 0 Å². The van der Waals surface area contributed by atoms with Crippen molar-refractivity contribution >= 4 is 5.91 Å². The lowest BCUT2D eigenvalue weighted by Crippen LogP contribution is -2.40. The minimum Gasteiger partial charge on any atom is -0.342 e. The van der Waals surface area contributed by atoms with Crippen LogP contribution in [0.1, 0.15) is 39.3 Å². The molecule has 1 N–H and O–H groups in total. The third kappa shape index (κ3) is 3.03. The summed E-state index contributed by atoms with van der Waals surface area (Å²) in [5.41, 5.74) is 1.32. The van der Waals surface area contributed by atoms with E-state index in [2.05, 4.69) is 17.2 Å². The second kappa shape index (κ2) is 6.39. The van der Waals surface area contributed by atoms with Gasteiger partial charge in [0.05, 0.1) is 6.33 Å². The molecule has 1 aromatic rings. The van der Waals surface area contributed by atoms with Crippen LogP contribution in [0.25, 0.3) is 0 Å². The Balaban J connectivity index is 2.14. The summed E-state index contributed by atoms with van der Waals surface area (Å²) in [4.78, 5) is 18.4. The molecule has 5 heteroatoms. The number of imidazole rings is 1. The predicted molar refractivity (Wildman–Crippen MR) is 79.6 cm³/mol. The molecule has 0 bridgehead atoms. The first kappa shape index (κ1) is 15.0. The molecule has 2 rings (SSSR count). The molecule has 2 heterocycles. The predicted octanol–water partition coefficient (Wildman–Crippen LogP) is 1.39. The first-order valence-corrected chi connectivity index (χ1v) is 7.60. The van der Waals surface area contributed by atoms with Gasteiger partial charge in [0.25, 0.3) is 0 Å².